The average Bonchev–Trinajstić information content (AvgIpc) is 2.59. The van der Waals surface area contributed by atoms with Crippen LogP contribution in [-0.2, 0) is 0 Å². The zero-order chi connectivity index (χ0) is 9.26. The van der Waals surface area contributed by atoms with Gasteiger partial charge in [-0.1, -0.05) is 12.8 Å². The van der Waals surface area contributed by atoms with E-state index in [-0.39, 0.29) is 6.03 Å². The Labute approximate surface area is 79.5 Å². The molecule has 2 unspecified atom stereocenters. The molecule has 1 aliphatic carbocycles. The van der Waals surface area contributed by atoms with Crippen molar-refractivity contribution < 1.29 is 4.79 Å². The van der Waals surface area contributed by atoms with Gasteiger partial charge >= 0.3 is 6.03 Å². The highest BCUT2D eigenvalue weighted by atomic mass is 16.2. The van der Waals surface area contributed by atoms with Crippen LogP contribution in [0.4, 0.5) is 4.79 Å². The van der Waals surface area contributed by atoms with Crippen molar-refractivity contribution in [2.24, 2.45) is 11.8 Å². The van der Waals surface area contributed by atoms with Crippen LogP contribution in [0.1, 0.15) is 25.7 Å². The van der Waals surface area contributed by atoms with Crippen molar-refractivity contribution in [1.29, 1.82) is 0 Å². The number of amides is 2. The summed E-state index contributed by atoms with van der Waals surface area (Å²) < 4.78 is 0. The number of nitrogens with zero attached hydrogens (tertiary/aromatic N) is 1. The molecular formula is C10H18N2O. The molecule has 1 N–H and O–H groups in total. The molecule has 2 amide bonds. The van der Waals surface area contributed by atoms with E-state index in [1.54, 1.807) is 7.05 Å². The maximum absolute atomic E-state index is 11.4. The van der Waals surface area contributed by atoms with E-state index >= 15 is 0 Å². The van der Waals surface area contributed by atoms with E-state index in [9.17, 15) is 4.79 Å². The second-order valence-corrected chi connectivity index (χ2v) is 4.26. The number of likely N-dealkylation sites (tertiary alicyclic amines) is 1. The molecule has 2 aliphatic rings. The standard InChI is InChI=1S/C10H18N2O/c1-11-10(13)12-6-8-4-2-3-5-9(8)7-12/h8-9H,2-7H2,1H3,(H,11,13). The fraction of sp³-hybridized carbons (Fsp3) is 0.900. The van der Waals surface area contributed by atoms with Gasteiger partial charge < -0.3 is 10.2 Å². The Morgan fingerprint density at radius 1 is 1.23 bits per heavy atom. The predicted octanol–water partition coefficient (Wildman–Crippen LogP) is 1.45. The Balaban J connectivity index is 1.94. The molecule has 2 fully saturated rings. The van der Waals surface area contributed by atoms with Gasteiger partial charge in [-0.05, 0) is 24.7 Å². The molecule has 3 heteroatoms. The molecule has 0 radical (unpaired) electrons. The molecule has 0 aromatic carbocycles. The summed E-state index contributed by atoms with van der Waals surface area (Å²) in [6.07, 6.45) is 5.39. The number of hydrogen-bond donors (Lipinski definition) is 1. The molecule has 13 heavy (non-hydrogen) atoms. The van der Waals surface area contributed by atoms with E-state index in [2.05, 4.69) is 5.32 Å². The van der Waals surface area contributed by atoms with Crippen LogP contribution in [0.2, 0.25) is 0 Å². The van der Waals surface area contributed by atoms with Crippen molar-refractivity contribution in [3.63, 3.8) is 0 Å². The highest BCUT2D eigenvalue weighted by Gasteiger charge is 2.35. The first-order valence-electron chi connectivity index (χ1n) is 5.28. The van der Waals surface area contributed by atoms with E-state index in [0.29, 0.717) is 0 Å². The fourth-order valence-electron chi connectivity index (χ4n) is 2.73. The Hall–Kier alpha value is -0.730. The molecule has 74 valence electrons. The van der Waals surface area contributed by atoms with Crippen molar-refractivity contribution in [1.82, 2.24) is 10.2 Å². The van der Waals surface area contributed by atoms with Crippen LogP contribution in [0.15, 0.2) is 0 Å². The lowest BCUT2D eigenvalue weighted by molar-refractivity contribution is 0.208. The van der Waals surface area contributed by atoms with Crippen LogP contribution in [0.3, 0.4) is 0 Å². The first kappa shape index (κ1) is 8.85. The molecule has 0 spiro atoms. The maximum Gasteiger partial charge on any atom is 0.317 e. The maximum atomic E-state index is 11.4. The highest BCUT2D eigenvalue weighted by molar-refractivity contribution is 5.74. The number of hydrogen-bond acceptors (Lipinski definition) is 1. The minimum absolute atomic E-state index is 0.106. The van der Waals surface area contributed by atoms with Crippen molar-refractivity contribution in [3.8, 4) is 0 Å². The lowest BCUT2D eigenvalue weighted by atomic mass is 9.82. The first-order chi connectivity index (χ1) is 6.31. The summed E-state index contributed by atoms with van der Waals surface area (Å²) in [7, 11) is 1.71. The van der Waals surface area contributed by atoms with Gasteiger partial charge in [0.15, 0.2) is 0 Å². The second kappa shape index (κ2) is 3.56. The summed E-state index contributed by atoms with van der Waals surface area (Å²) >= 11 is 0. The molecule has 2 rings (SSSR count). The smallest absolute Gasteiger partial charge is 0.317 e. The van der Waals surface area contributed by atoms with E-state index < -0.39 is 0 Å². The van der Waals surface area contributed by atoms with Gasteiger partial charge in [0.05, 0.1) is 0 Å². The minimum atomic E-state index is 0.106. The lowest BCUT2D eigenvalue weighted by Crippen LogP contribution is -2.36. The van der Waals surface area contributed by atoms with Crippen LogP contribution in [-0.4, -0.2) is 31.1 Å². The highest BCUT2D eigenvalue weighted by Crippen LogP contribution is 2.35. The molecule has 0 aromatic rings. The normalized spacial score (nSPS) is 32.8. The molecule has 3 nitrogen and oxygen atoms in total. The zero-order valence-corrected chi connectivity index (χ0v) is 8.25. The summed E-state index contributed by atoms with van der Waals surface area (Å²) in [4.78, 5) is 13.3. The van der Waals surface area contributed by atoms with E-state index in [1.165, 1.54) is 25.7 Å². The number of fused-ring (bicyclic) bond motifs is 1. The Bertz CT molecular complexity index is 191. The van der Waals surface area contributed by atoms with Gasteiger partial charge in [0.1, 0.15) is 0 Å². The van der Waals surface area contributed by atoms with Crippen molar-refractivity contribution >= 4 is 6.03 Å². The topological polar surface area (TPSA) is 32.3 Å². The molecule has 0 bridgehead atoms. The van der Waals surface area contributed by atoms with Gasteiger partial charge in [0, 0.05) is 20.1 Å². The Kier molecular flexibility index (Phi) is 2.42. The van der Waals surface area contributed by atoms with Gasteiger partial charge in [0.25, 0.3) is 0 Å². The van der Waals surface area contributed by atoms with Gasteiger partial charge in [-0.3, -0.25) is 0 Å². The van der Waals surface area contributed by atoms with E-state index in [0.717, 1.165) is 24.9 Å². The van der Waals surface area contributed by atoms with Gasteiger partial charge in [-0.25, -0.2) is 4.79 Å². The monoisotopic (exact) mass is 182 g/mol. The molecule has 1 heterocycles. The summed E-state index contributed by atoms with van der Waals surface area (Å²) in [5, 5.41) is 2.70. The summed E-state index contributed by atoms with van der Waals surface area (Å²) in [5.74, 6) is 1.59. The summed E-state index contributed by atoms with van der Waals surface area (Å²) in [6.45, 7) is 1.98. The summed E-state index contributed by atoms with van der Waals surface area (Å²) in [5.41, 5.74) is 0. The van der Waals surface area contributed by atoms with Gasteiger partial charge in [-0.2, -0.15) is 0 Å². The molecule has 1 saturated heterocycles. The largest absolute Gasteiger partial charge is 0.341 e. The average molecular weight is 182 g/mol. The molecule has 1 aliphatic heterocycles. The molecule has 2 atom stereocenters. The Morgan fingerprint density at radius 2 is 1.77 bits per heavy atom. The van der Waals surface area contributed by atoms with Crippen LogP contribution in [0, 0.1) is 11.8 Å². The molecule has 0 aromatic heterocycles. The van der Waals surface area contributed by atoms with Crippen LogP contribution in [0.5, 0.6) is 0 Å². The van der Waals surface area contributed by atoms with Crippen molar-refractivity contribution in [2.75, 3.05) is 20.1 Å². The number of carbonyl (C=O) groups excluding carboxylic acids is 1. The number of carbonyl (C=O) groups is 1. The first-order valence-corrected chi connectivity index (χ1v) is 5.28. The van der Waals surface area contributed by atoms with Crippen LogP contribution < -0.4 is 5.32 Å². The van der Waals surface area contributed by atoms with Gasteiger partial charge in [-0.15, -0.1) is 0 Å². The predicted molar refractivity (Wildman–Crippen MR) is 51.5 cm³/mol. The minimum Gasteiger partial charge on any atom is -0.341 e. The molecular weight excluding hydrogens is 164 g/mol. The number of nitrogens with one attached hydrogen (secondary N) is 1. The zero-order valence-electron chi connectivity index (χ0n) is 8.25. The molecule has 1 saturated carbocycles. The fourth-order valence-corrected chi connectivity index (χ4v) is 2.73. The van der Waals surface area contributed by atoms with E-state index in [1.807, 2.05) is 4.90 Å². The van der Waals surface area contributed by atoms with Crippen LogP contribution >= 0.6 is 0 Å². The third-order valence-electron chi connectivity index (χ3n) is 3.48. The SMILES string of the molecule is CNC(=O)N1CC2CCCCC2C1. The van der Waals surface area contributed by atoms with Crippen LogP contribution in [0.25, 0.3) is 0 Å². The second-order valence-electron chi connectivity index (χ2n) is 4.26. The quantitative estimate of drug-likeness (QED) is 0.604. The number of rotatable bonds is 0. The third-order valence-corrected chi connectivity index (χ3v) is 3.48. The number of urea groups is 1. The van der Waals surface area contributed by atoms with Crippen molar-refractivity contribution in [3.05, 3.63) is 0 Å². The van der Waals surface area contributed by atoms with Crippen molar-refractivity contribution in [2.45, 2.75) is 25.7 Å². The van der Waals surface area contributed by atoms with E-state index in [4.69, 9.17) is 0 Å². The third kappa shape index (κ3) is 1.64. The lowest BCUT2D eigenvalue weighted by Gasteiger charge is -2.22. The van der Waals surface area contributed by atoms with Gasteiger partial charge in [0.2, 0.25) is 0 Å². The Morgan fingerprint density at radius 3 is 2.23 bits per heavy atom. The summed E-state index contributed by atoms with van der Waals surface area (Å²) in [6, 6.07) is 0.106.